The smallest absolute Gasteiger partial charge is 0.337 e. The number of hydrogen-bond donors (Lipinski definition) is 1. The van der Waals surface area contributed by atoms with Gasteiger partial charge in [-0.3, -0.25) is 19.7 Å². The van der Waals surface area contributed by atoms with Crippen molar-refractivity contribution in [3.8, 4) is 0 Å². The second-order valence-electron chi connectivity index (χ2n) is 6.18. The van der Waals surface area contributed by atoms with Crippen molar-refractivity contribution in [3.63, 3.8) is 0 Å². The molecule has 9 heteroatoms. The van der Waals surface area contributed by atoms with Crippen molar-refractivity contribution in [3.05, 3.63) is 39.9 Å². The van der Waals surface area contributed by atoms with E-state index in [-0.39, 0.29) is 18.7 Å². The van der Waals surface area contributed by atoms with Crippen LogP contribution in [0.25, 0.3) is 0 Å². The molecule has 0 saturated carbocycles. The lowest BCUT2D eigenvalue weighted by atomic mass is 9.84. The van der Waals surface area contributed by atoms with Crippen LogP contribution < -0.4 is 0 Å². The van der Waals surface area contributed by atoms with E-state index in [0.717, 1.165) is 0 Å². The third-order valence-corrected chi connectivity index (χ3v) is 4.58. The number of benzene rings is 1. The van der Waals surface area contributed by atoms with Crippen molar-refractivity contribution in [2.45, 2.75) is 38.1 Å². The number of fused-ring (bicyclic) bond motifs is 1. The van der Waals surface area contributed by atoms with Crippen molar-refractivity contribution in [2.75, 3.05) is 0 Å². The minimum absolute atomic E-state index is 0.0264. The summed E-state index contributed by atoms with van der Waals surface area (Å²) in [6.07, 6.45) is -0.852. The molecular formula is C16H16N2O7. The molecule has 0 aromatic heterocycles. The van der Waals surface area contributed by atoms with E-state index in [9.17, 15) is 29.6 Å². The molecule has 2 aliphatic rings. The molecule has 0 radical (unpaired) electrons. The number of nitrogens with zero attached hydrogens (tertiary/aromatic N) is 2. The van der Waals surface area contributed by atoms with E-state index in [1.807, 2.05) is 0 Å². The predicted molar refractivity (Wildman–Crippen MR) is 82.1 cm³/mol. The summed E-state index contributed by atoms with van der Waals surface area (Å²) in [5, 5.41) is 20.2. The van der Waals surface area contributed by atoms with Crippen molar-refractivity contribution in [1.82, 2.24) is 4.90 Å². The molecule has 2 saturated heterocycles. The van der Waals surface area contributed by atoms with E-state index in [2.05, 4.69) is 0 Å². The molecule has 2 aliphatic heterocycles. The fourth-order valence-corrected chi connectivity index (χ4v) is 3.33. The SMILES string of the molecule is C[C@@H](O)[C@H]1C(=O)N2C(C(=O)OCc3ccc([N+](=O)[O-])cc3)C(=O)C[C@@H]12. The first-order valence-corrected chi connectivity index (χ1v) is 7.74. The maximum absolute atomic E-state index is 12.2. The van der Waals surface area contributed by atoms with Gasteiger partial charge in [0.15, 0.2) is 11.8 Å². The average Bonchev–Trinajstić information content (AvgIpc) is 2.85. The Labute approximate surface area is 142 Å². The molecule has 0 bridgehead atoms. The fraction of sp³-hybridized carbons (Fsp3) is 0.438. The number of aliphatic hydroxyl groups is 1. The number of ether oxygens (including phenoxy) is 1. The van der Waals surface area contributed by atoms with Crippen LogP contribution in [0.2, 0.25) is 0 Å². The van der Waals surface area contributed by atoms with E-state index in [4.69, 9.17) is 4.74 Å². The second kappa shape index (κ2) is 6.25. The van der Waals surface area contributed by atoms with Crippen molar-refractivity contribution in [1.29, 1.82) is 0 Å². The monoisotopic (exact) mass is 348 g/mol. The summed E-state index contributed by atoms with van der Waals surface area (Å²) in [5.41, 5.74) is 0.442. The Bertz CT molecular complexity index is 743. The molecule has 2 heterocycles. The maximum atomic E-state index is 12.2. The molecule has 1 unspecified atom stereocenters. The van der Waals surface area contributed by atoms with Gasteiger partial charge >= 0.3 is 5.97 Å². The third kappa shape index (κ3) is 2.86. The Kier molecular flexibility index (Phi) is 4.25. The summed E-state index contributed by atoms with van der Waals surface area (Å²) in [7, 11) is 0. The largest absolute Gasteiger partial charge is 0.459 e. The van der Waals surface area contributed by atoms with E-state index < -0.39 is 46.7 Å². The summed E-state index contributed by atoms with van der Waals surface area (Å²) in [4.78, 5) is 47.6. The number of hydrogen-bond acceptors (Lipinski definition) is 7. The molecule has 4 atom stereocenters. The zero-order valence-electron chi connectivity index (χ0n) is 13.3. The van der Waals surface area contributed by atoms with Gasteiger partial charge in [0.05, 0.1) is 23.0 Å². The molecule has 9 nitrogen and oxygen atoms in total. The van der Waals surface area contributed by atoms with E-state index >= 15 is 0 Å². The highest BCUT2D eigenvalue weighted by Crippen LogP contribution is 2.40. The number of esters is 1. The Balaban J connectivity index is 1.63. The van der Waals surface area contributed by atoms with Crippen LogP contribution in [0.1, 0.15) is 18.9 Å². The molecule has 2 fully saturated rings. The lowest BCUT2D eigenvalue weighted by molar-refractivity contribution is -0.384. The van der Waals surface area contributed by atoms with Gasteiger partial charge in [-0.05, 0) is 24.6 Å². The highest BCUT2D eigenvalue weighted by molar-refractivity contribution is 6.11. The lowest BCUT2D eigenvalue weighted by Crippen LogP contribution is -2.64. The quantitative estimate of drug-likeness (QED) is 0.264. The van der Waals surface area contributed by atoms with Crippen LogP contribution in [0.4, 0.5) is 5.69 Å². The number of carbonyl (C=O) groups is 3. The van der Waals surface area contributed by atoms with Gasteiger partial charge in [0.25, 0.3) is 5.69 Å². The fourth-order valence-electron chi connectivity index (χ4n) is 3.33. The topological polar surface area (TPSA) is 127 Å². The number of nitro groups is 1. The number of Topliss-reactive ketones (excluding diaryl/α,β-unsaturated/α-hetero) is 1. The van der Waals surface area contributed by atoms with Gasteiger partial charge < -0.3 is 14.7 Å². The number of nitro benzene ring substituents is 1. The summed E-state index contributed by atoms with van der Waals surface area (Å²) < 4.78 is 5.09. The van der Waals surface area contributed by atoms with Crippen molar-refractivity contribution < 1.29 is 29.2 Å². The summed E-state index contributed by atoms with van der Waals surface area (Å²) in [5.74, 6) is -2.32. The molecule has 1 N–H and O–H groups in total. The molecule has 1 aromatic rings. The number of amides is 1. The van der Waals surface area contributed by atoms with E-state index in [1.54, 1.807) is 0 Å². The third-order valence-electron chi connectivity index (χ3n) is 4.58. The van der Waals surface area contributed by atoms with Gasteiger partial charge in [-0.2, -0.15) is 0 Å². The molecule has 3 rings (SSSR count). The number of carbonyl (C=O) groups excluding carboxylic acids is 3. The van der Waals surface area contributed by atoms with Gasteiger partial charge in [-0.15, -0.1) is 0 Å². The number of ketones is 1. The van der Waals surface area contributed by atoms with Crippen LogP contribution in [0, 0.1) is 16.0 Å². The van der Waals surface area contributed by atoms with Crippen LogP contribution in [0.15, 0.2) is 24.3 Å². The first-order chi connectivity index (χ1) is 11.8. The summed E-state index contributed by atoms with van der Waals surface area (Å²) in [6.45, 7) is 1.32. The Hall–Kier alpha value is -2.81. The van der Waals surface area contributed by atoms with Gasteiger partial charge in [0.2, 0.25) is 5.91 Å². The van der Waals surface area contributed by atoms with Gasteiger partial charge in [0.1, 0.15) is 6.61 Å². The van der Waals surface area contributed by atoms with Gasteiger partial charge in [-0.1, -0.05) is 0 Å². The Morgan fingerprint density at radius 2 is 2.04 bits per heavy atom. The van der Waals surface area contributed by atoms with Gasteiger partial charge in [0, 0.05) is 18.6 Å². The minimum atomic E-state index is -1.27. The average molecular weight is 348 g/mol. The Morgan fingerprint density at radius 1 is 1.40 bits per heavy atom. The standard InChI is InChI=1S/C16H16N2O7/c1-8(19)13-11-6-12(20)14(17(11)15(13)21)16(22)25-7-9-2-4-10(5-3-9)18(23)24/h2-5,8,11,13-14,19H,6-7H2,1H3/t8-,11+,13-,14?/m1/s1. The van der Waals surface area contributed by atoms with Crippen molar-refractivity contribution >= 4 is 23.3 Å². The molecule has 1 aromatic carbocycles. The number of aliphatic hydroxyl groups excluding tert-OH is 1. The number of non-ortho nitro benzene ring substituents is 1. The van der Waals surface area contributed by atoms with Crippen LogP contribution >= 0.6 is 0 Å². The molecule has 0 spiro atoms. The summed E-state index contributed by atoms with van der Waals surface area (Å²) in [6, 6.07) is 3.73. The lowest BCUT2D eigenvalue weighted by Gasteiger charge is -2.45. The molecule has 25 heavy (non-hydrogen) atoms. The first-order valence-electron chi connectivity index (χ1n) is 7.74. The Morgan fingerprint density at radius 3 is 2.60 bits per heavy atom. The minimum Gasteiger partial charge on any atom is -0.459 e. The van der Waals surface area contributed by atoms with Crippen molar-refractivity contribution in [2.24, 2.45) is 5.92 Å². The van der Waals surface area contributed by atoms with Gasteiger partial charge in [-0.25, -0.2) is 4.79 Å². The van der Waals surface area contributed by atoms with Crippen LogP contribution in [-0.4, -0.2) is 50.8 Å². The second-order valence-corrected chi connectivity index (χ2v) is 6.18. The maximum Gasteiger partial charge on any atom is 0.337 e. The van der Waals surface area contributed by atoms with E-state index in [1.165, 1.54) is 36.1 Å². The van der Waals surface area contributed by atoms with Crippen LogP contribution in [-0.2, 0) is 25.7 Å². The summed E-state index contributed by atoms with van der Waals surface area (Å²) >= 11 is 0. The van der Waals surface area contributed by atoms with E-state index in [0.29, 0.717) is 5.56 Å². The predicted octanol–water partition coefficient (Wildman–Crippen LogP) is 0.187. The molecular weight excluding hydrogens is 332 g/mol. The zero-order valence-corrected chi connectivity index (χ0v) is 13.3. The first kappa shape index (κ1) is 17.0. The molecule has 0 aliphatic carbocycles. The molecule has 1 amide bonds. The highest BCUT2D eigenvalue weighted by atomic mass is 16.6. The zero-order chi connectivity index (χ0) is 18.3. The van der Waals surface area contributed by atoms with Crippen LogP contribution in [0.5, 0.6) is 0 Å². The highest BCUT2D eigenvalue weighted by Gasteiger charge is 2.61. The normalized spacial score (nSPS) is 26.0. The molecule has 132 valence electrons. The number of β-lactam (4-membered cyclic amide) rings is 1. The number of rotatable bonds is 5. The van der Waals surface area contributed by atoms with Crippen LogP contribution in [0.3, 0.4) is 0 Å².